The number of benzene rings is 5. The van der Waals surface area contributed by atoms with Gasteiger partial charge >= 0.3 is 5.97 Å². The average molecular weight is 1020 g/mol. The molecule has 398 valence electrons. The molecule has 6 rings (SSSR count). The first kappa shape index (κ1) is 66.9. The van der Waals surface area contributed by atoms with Gasteiger partial charge in [-0.25, -0.2) is 0 Å². The van der Waals surface area contributed by atoms with Gasteiger partial charge in [-0.05, 0) is 41.5 Å². The van der Waals surface area contributed by atoms with E-state index in [1.165, 1.54) is 11.1 Å². The second kappa shape index (κ2) is 35.2. The molecule has 1 aliphatic heterocycles. The number of carbonyl (C=O) groups is 5. The highest BCUT2D eigenvalue weighted by Crippen LogP contribution is 2.30. The van der Waals surface area contributed by atoms with E-state index >= 15 is 0 Å². The molecule has 8 nitrogen and oxygen atoms in total. The molecular formula is C64H89NO7S. The highest BCUT2D eigenvalue weighted by atomic mass is 32.2. The van der Waals surface area contributed by atoms with Gasteiger partial charge in [-0.1, -0.05) is 244 Å². The monoisotopic (exact) mass is 1020 g/mol. The maximum atomic E-state index is 11.6. The molecule has 1 saturated heterocycles. The van der Waals surface area contributed by atoms with Crippen LogP contribution in [0.15, 0.2) is 151 Å². The van der Waals surface area contributed by atoms with E-state index in [9.17, 15) is 24.0 Å². The molecule has 1 aliphatic rings. The van der Waals surface area contributed by atoms with Crippen LogP contribution in [0.4, 0.5) is 0 Å². The SMILES string of the molecule is C.C=C1N[C@H](C(=O)C(C)C)CS1.CC(C)C(=O)OCc1ccccc1.CC(C)C(=O)c1ccccc1.CC(C)C(C)(C)c1ccccc1.COc1ccccc1C(=O)C(C)C.Cc1ccc(C(=O)C(C)C)cc1. The van der Waals surface area contributed by atoms with Crippen LogP contribution < -0.4 is 10.1 Å². The lowest BCUT2D eigenvalue weighted by atomic mass is 9.75. The number of methoxy groups -OCH3 is 1. The summed E-state index contributed by atoms with van der Waals surface area (Å²) in [5, 5.41) is 3.97. The van der Waals surface area contributed by atoms with Crippen LogP contribution in [-0.2, 0) is 26.3 Å². The number of esters is 1. The standard InChI is InChI=1S/C12H18.2C11H14O2.C11H14O.C10H12O.C8H13NOS.CH4/c1-10(2)12(3,4)11-8-6-5-7-9-11;1-8(2)11(12)9-6-4-5-7-10(9)13-3;1-9(2)11(12)13-8-10-6-4-3-5-7-10;1-8(2)11(12)10-6-4-9(3)5-7-10;1-8(2)10(11)9-6-4-3-5-7-9;1-5(2)8(10)7-4-11-6(3)9-7;/h5-10H,1-4H3;4-8H,1-3H3;3-7,9H,8H2,1-2H3;4-8H,1-3H3;3-8H,1-2H3;5,7,9H,3-4H2,1-2H3;1H4/t;;;;;7-;/m.....0./s1. The van der Waals surface area contributed by atoms with Crippen molar-refractivity contribution in [3.05, 3.63) is 185 Å². The second-order valence-electron chi connectivity index (χ2n) is 20.0. The van der Waals surface area contributed by atoms with E-state index in [2.05, 4.69) is 69.9 Å². The number of aryl methyl sites for hydroxylation is 1. The topological polar surface area (TPSA) is 116 Å². The number of nitrogens with one attached hydrogen (secondary N) is 1. The Kier molecular flexibility index (Phi) is 32.2. The number of carbonyl (C=O) groups excluding carboxylic acids is 5. The minimum atomic E-state index is -0.149. The summed E-state index contributed by atoms with van der Waals surface area (Å²) in [4.78, 5) is 56.9. The summed E-state index contributed by atoms with van der Waals surface area (Å²) in [6, 6.07) is 44.8. The second-order valence-corrected chi connectivity index (χ2v) is 21.1. The van der Waals surface area contributed by atoms with Gasteiger partial charge in [0.25, 0.3) is 0 Å². The lowest BCUT2D eigenvalue weighted by Crippen LogP contribution is -2.35. The number of para-hydroxylation sites is 1. The lowest BCUT2D eigenvalue weighted by Gasteiger charge is -2.29. The molecule has 9 heteroatoms. The van der Waals surface area contributed by atoms with E-state index < -0.39 is 0 Å². The number of Topliss-reactive ketones (excluding diaryl/α,β-unsaturated/α-hetero) is 4. The molecule has 1 heterocycles. The Morgan fingerprint density at radius 2 is 1.03 bits per heavy atom. The van der Waals surface area contributed by atoms with Gasteiger partial charge in [0.1, 0.15) is 12.4 Å². The summed E-state index contributed by atoms with van der Waals surface area (Å²) in [7, 11) is 1.58. The third-order valence-corrected chi connectivity index (χ3v) is 12.6. The maximum Gasteiger partial charge on any atom is 0.308 e. The van der Waals surface area contributed by atoms with Gasteiger partial charge in [0.05, 0.1) is 29.7 Å². The molecule has 1 atom stereocenters. The number of hydrogen-bond donors (Lipinski definition) is 1. The predicted molar refractivity (Wildman–Crippen MR) is 309 cm³/mol. The molecule has 5 aromatic carbocycles. The summed E-state index contributed by atoms with van der Waals surface area (Å²) in [6.07, 6.45) is 0. The molecule has 0 amide bonds. The van der Waals surface area contributed by atoms with Crippen molar-refractivity contribution in [2.75, 3.05) is 12.9 Å². The van der Waals surface area contributed by atoms with Gasteiger partial charge in [0.2, 0.25) is 0 Å². The molecular weight excluding hydrogens is 927 g/mol. The Morgan fingerprint density at radius 3 is 1.44 bits per heavy atom. The molecule has 0 aliphatic carbocycles. The van der Waals surface area contributed by atoms with Crippen molar-refractivity contribution in [2.24, 2.45) is 35.5 Å². The van der Waals surface area contributed by atoms with E-state index in [0.29, 0.717) is 29.3 Å². The van der Waals surface area contributed by atoms with Crippen LogP contribution in [0.5, 0.6) is 5.75 Å². The summed E-state index contributed by atoms with van der Waals surface area (Å²) < 4.78 is 10.1. The zero-order chi connectivity index (χ0) is 54.6. The smallest absolute Gasteiger partial charge is 0.308 e. The van der Waals surface area contributed by atoms with E-state index in [1.807, 2.05) is 173 Å². The Balaban J connectivity index is 0.000000851. The molecule has 0 bridgehead atoms. The van der Waals surface area contributed by atoms with Crippen molar-refractivity contribution in [3.8, 4) is 5.75 Å². The minimum Gasteiger partial charge on any atom is -0.496 e. The molecule has 0 radical (unpaired) electrons. The van der Waals surface area contributed by atoms with Gasteiger partial charge in [0, 0.05) is 40.6 Å². The van der Waals surface area contributed by atoms with Crippen LogP contribution in [0.2, 0.25) is 0 Å². The van der Waals surface area contributed by atoms with Crippen molar-refractivity contribution in [2.45, 2.75) is 129 Å². The first-order chi connectivity index (χ1) is 33.8. The van der Waals surface area contributed by atoms with Crippen molar-refractivity contribution in [1.82, 2.24) is 5.32 Å². The van der Waals surface area contributed by atoms with E-state index in [0.717, 1.165) is 27.5 Å². The van der Waals surface area contributed by atoms with Crippen LogP contribution in [-0.4, -0.2) is 48.0 Å². The molecule has 73 heavy (non-hydrogen) atoms. The largest absolute Gasteiger partial charge is 0.496 e. The predicted octanol–water partition coefficient (Wildman–Crippen LogP) is 15.9. The van der Waals surface area contributed by atoms with Crippen molar-refractivity contribution >= 4 is 40.9 Å². The molecule has 1 N–H and O–H groups in total. The fraction of sp³-hybridized carbons (Fsp3) is 0.422. The highest BCUT2D eigenvalue weighted by molar-refractivity contribution is 8.03. The Bertz CT molecular complexity index is 2370. The lowest BCUT2D eigenvalue weighted by molar-refractivity contribution is -0.148. The Hall–Kier alpha value is -6.06. The van der Waals surface area contributed by atoms with Crippen LogP contribution >= 0.6 is 11.8 Å². The first-order valence-corrected chi connectivity index (χ1v) is 26.1. The molecule has 0 spiro atoms. The van der Waals surface area contributed by atoms with Crippen LogP contribution in [0.1, 0.15) is 152 Å². The zero-order valence-electron chi connectivity index (χ0n) is 46.2. The molecule has 5 aromatic rings. The van der Waals surface area contributed by atoms with Crippen molar-refractivity contribution in [3.63, 3.8) is 0 Å². The number of hydrogen-bond acceptors (Lipinski definition) is 9. The maximum absolute atomic E-state index is 11.6. The highest BCUT2D eigenvalue weighted by Gasteiger charge is 2.26. The van der Waals surface area contributed by atoms with Crippen LogP contribution in [0.3, 0.4) is 0 Å². The number of ketones is 4. The van der Waals surface area contributed by atoms with Gasteiger partial charge in [-0.2, -0.15) is 0 Å². The molecule has 1 fully saturated rings. The van der Waals surface area contributed by atoms with Gasteiger partial charge in [0.15, 0.2) is 23.1 Å². The molecule has 0 aromatic heterocycles. The Labute approximate surface area is 445 Å². The zero-order valence-corrected chi connectivity index (χ0v) is 47.0. The van der Waals surface area contributed by atoms with Crippen molar-refractivity contribution in [1.29, 1.82) is 0 Å². The number of ether oxygens (including phenoxy) is 2. The van der Waals surface area contributed by atoms with Gasteiger partial charge in [-0.3, -0.25) is 24.0 Å². The fourth-order valence-electron chi connectivity index (χ4n) is 6.26. The van der Waals surface area contributed by atoms with Crippen molar-refractivity contribution < 1.29 is 33.4 Å². The fourth-order valence-corrected chi connectivity index (χ4v) is 7.10. The number of thioether (sulfide) groups is 1. The van der Waals surface area contributed by atoms with Gasteiger partial charge < -0.3 is 14.8 Å². The first-order valence-electron chi connectivity index (χ1n) is 25.1. The summed E-state index contributed by atoms with van der Waals surface area (Å²) >= 11 is 1.62. The third-order valence-electron chi connectivity index (χ3n) is 11.7. The van der Waals surface area contributed by atoms with Crippen LogP contribution in [0.25, 0.3) is 0 Å². The molecule has 0 saturated carbocycles. The minimum absolute atomic E-state index is 0. The van der Waals surface area contributed by atoms with Crippen LogP contribution in [0, 0.1) is 42.4 Å². The summed E-state index contributed by atoms with van der Waals surface area (Å²) in [5.74, 6) is 3.14. The quantitative estimate of drug-likeness (QED) is 0.0857. The normalized spacial score (nSPS) is 12.4. The molecule has 0 unspecified atom stereocenters. The van der Waals surface area contributed by atoms with Gasteiger partial charge in [-0.15, -0.1) is 11.8 Å². The van der Waals surface area contributed by atoms with E-state index in [4.69, 9.17) is 9.47 Å². The average Bonchev–Trinajstić information content (AvgIpc) is 3.82. The third kappa shape index (κ3) is 25.4. The summed E-state index contributed by atoms with van der Waals surface area (Å²) in [5.41, 5.74) is 6.23. The van der Waals surface area contributed by atoms with E-state index in [-0.39, 0.29) is 72.2 Å². The Morgan fingerprint density at radius 1 is 0.589 bits per heavy atom. The summed E-state index contributed by atoms with van der Waals surface area (Å²) in [6.45, 7) is 34.2. The van der Waals surface area contributed by atoms with E-state index in [1.54, 1.807) is 31.0 Å². The number of rotatable bonds is 14.